The van der Waals surface area contributed by atoms with E-state index in [-0.39, 0.29) is 5.25 Å². The molecule has 4 heterocycles. The van der Waals surface area contributed by atoms with Crippen molar-refractivity contribution in [2.24, 2.45) is 5.92 Å². The van der Waals surface area contributed by atoms with Gasteiger partial charge in [-0.3, -0.25) is 4.21 Å². The van der Waals surface area contributed by atoms with Gasteiger partial charge in [-0.1, -0.05) is 72.1 Å². The Morgan fingerprint density at radius 1 is 0.684 bits per heavy atom. The second-order valence-electron chi connectivity index (χ2n) is 12.2. The molecule has 0 aromatic rings. The van der Waals surface area contributed by atoms with Gasteiger partial charge in [0.2, 0.25) is 0 Å². The van der Waals surface area contributed by atoms with Crippen molar-refractivity contribution in [1.29, 1.82) is 0 Å². The zero-order chi connectivity index (χ0) is 28.2. The summed E-state index contributed by atoms with van der Waals surface area (Å²) >= 11 is 2.12. The van der Waals surface area contributed by atoms with E-state index in [1.54, 1.807) is 6.92 Å². The van der Waals surface area contributed by atoms with E-state index in [0.717, 1.165) is 42.8 Å². The first kappa shape index (κ1) is 36.4. The van der Waals surface area contributed by atoms with Crippen LogP contribution in [0.4, 0.5) is 0 Å². The van der Waals surface area contributed by atoms with E-state index < -0.39 is 20.6 Å². The Morgan fingerprint density at radius 2 is 1.32 bits per heavy atom. The van der Waals surface area contributed by atoms with Crippen molar-refractivity contribution in [1.82, 2.24) is 0 Å². The summed E-state index contributed by atoms with van der Waals surface area (Å²) in [6.45, 7) is 11.7. The number of sulfone groups is 1. The fraction of sp³-hybridized carbons (Fsp3) is 1.00. The van der Waals surface area contributed by atoms with Gasteiger partial charge in [0.25, 0.3) is 0 Å². The van der Waals surface area contributed by atoms with Crippen LogP contribution in [0.5, 0.6) is 0 Å². The van der Waals surface area contributed by atoms with E-state index in [0.29, 0.717) is 17.1 Å². The van der Waals surface area contributed by atoms with Gasteiger partial charge in [-0.25, -0.2) is 8.42 Å². The Morgan fingerprint density at radius 3 is 1.63 bits per heavy atom. The molecule has 5 unspecified atom stereocenters. The van der Waals surface area contributed by atoms with Gasteiger partial charge in [-0.05, 0) is 83.3 Å². The third kappa shape index (κ3) is 18.7. The number of ether oxygens (including phenoxy) is 1. The van der Waals surface area contributed by atoms with Gasteiger partial charge >= 0.3 is 0 Å². The van der Waals surface area contributed by atoms with Crippen LogP contribution >= 0.6 is 11.8 Å². The summed E-state index contributed by atoms with van der Waals surface area (Å²) < 4.78 is 38.1. The highest BCUT2D eigenvalue weighted by Crippen LogP contribution is 2.24. The largest absolute Gasteiger partial charge is 0.379 e. The average molecular weight is 595 g/mol. The molecule has 0 spiro atoms. The molecule has 0 N–H and O–H groups in total. The third-order valence-corrected chi connectivity index (χ3v) is 13.7. The van der Waals surface area contributed by atoms with Crippen molar-refractivity contribution < 1.29 is 17.4 Å². The minimum absolute atomic E-state index is 0.0775. The molecule has 0 bridgehead atoms. The van der Waals surface area contributed by atoms with Crippen molar-refractivity contribution in [3.8, 4) is 0 Å². The summed E-state index contributed by atoms with van der Waals surface area (Å²) in [7, 11) is -3.15. The van der Waals surface area contributed by atoms with E-state index >= 15 is 0 Å². The van der Waals surface area contributed by atoms with Gasteiger partial charge in [0.05, 0.1) is 17.1 Å². The van der Waals surface area contributed by atoms with Gasteiger partial charge in [-0.2, -0.15) is 11.8 Å². The molecule has 38 heavy (non-hydrogen) atoms. The van der Waals surface area contributed by atoms with Crippen LogP contribution < -0.4 is 0 Å². The normalized spacial score (nSPS) is 33.2. The molecular weight excluding hydrogens is 533 g/mol. The van der Waals surface area contributed by atoms with Crippen molar-refractivity contribution in [2.75, 3.05) is 23.9 Å². The number of rotatable bonds is 0. The molecule has 4 nitrogen and oxygen atoms in total. The van der Waals surface area contributed by atoms with Crippen LogP contribution in [0.1, 0.15) is 144 Å². The van der Waals surface area contributed by atoms with Gasteiger partial charge in [-0.15, -0.1) is 0 Å². The highest BCUT2D eigenvalue weighted by Gasteiger charge is 2.23. The second-order valence-corrected chi connectivity index (χ2v) is 18.2. The fourth-order valence-electron chi connectivity index (χ4n) is 5.23. The molecule has 0 aromatic carbocycles. The molecule has 1 aliphatic carbocycles. The van der Waals surface area contributed by atoms with Gasteiger partial charge in [0, 0.05) is 33.7 Å². The average Bonchev–Trinajstić information content (AvgIpc) is 2.91. The van der Waals surface area contributed by atoms with E-state index in [1.165, 1.54) is 95.6 Å². The van der Waals surface area contributed by atoms with E-state index in [1.807, 2.05) is 0 Å². The second kappa shape index (κ2) is 22.1. The number of hydrogen-bond acceptors (Lipinski definition) is 5. The maximum atomic E-state index is 11.0. The van der Waals surface area contributed by atoms with Crippen molar-refractivity contribution in [2.45, 2.75) is 166 Å². The van der Waals surface area contributed by atoms with Crippen LogP contribution in [0.15, 0.2) is 0 Å². The van der Waals surface area contributed by atoms with Crippen LogP contribution in [-0.4, -0.2) is 58.3 Å². The SMILES string of the molecule is CC1CCCCC1.CC1CCCCO1.CC1CCCCS1.CC1CCCCS1(=O)=O.CC1CCCCS1=O. The predicted octanol–water partition coefficient (Wildman–Crippen LogP) is 8.74. The molecule has 5 rings (SSSR count). The minimum Gasteiger partial charge on any atom is -0.379 e. The smallest absolute Gasteiger partial charge is 0.152 e. The van der Waals surface area contributed by atoms with Crippen LogP contribution in [0.2, 0.25) is 0 Å². The lowest BCUT2D eigenvalue weighted by Crippen LogP contribution is -2.25. The Labute approximate surface area is 244 Å². The molecule has 5 fully saturated rings. The summed E-state index contributed by atoms with van der Waals surface area (Å²) in [5, 5.41) is 1.35. The first-order chi connectivity index (χ1) is 18.1. The summed E-state index contributed by atoms with van der Waals surface area (Å²) in [4.78, 5) is 0. The predicted molar refractivity (Wildman–Crippen MR) is 171 cm³/mol. The van der Waals surface area contributed by atoms with Crippen LogP contribution in [0, 0.1) is 5.92 Å². The Bertz CT molecular complexity index is 641. The quantitative estimate of drug-likeness (QED) is 0.281. The molecule has 7 heteroatoms. The molecular formula is C31H62O4S3. The highest BCUT2D eigenvalue weighted by molar-refractivity contribution is 7.99. The Hall–Kier alpha value is 0.410. The van der Waals surface area contributed by atoms with Gasteiger partial charge in [0.1, 0.15) is 0 Å². The Balaban J connectivity index is 0.000000238. The standard InChI is InChI=1S/C7H14.C6H12O2S.C6H12OS.C6H12O.C6H12S/c1-7-5-3-2-4-6-7;1-6-4-2-3-5-9(6,7)8;1-6-4-2-3-5-8(6)7;2*1-6-4-2-3-5-7-6/h7H,2-6H2,1H3;6H,2-5H2,1H3;6H,2-5H2,1H3;2*6H,2-5H2,1H3. The summed E-state index contributed by atoms with van der Waals surface area (Å²) in [6.07, 6.45) is 22.7. The maximum absolute atomic E-state index is 11.0. The van der Waals surface area contributed by atoms with E-state index in [4.69, 9.17) is 4.74 Å². The summed E-state index contributed by atoms with van der Waals surface area (Å²) in [5.74, 6) is 3.80. The Kier molecular flexibility index (Phi) is 21.2. The lowest BCUT2D eigenvalue weighted by atomic mass is 9.91. The first-order valence-electron chi connectivity index (χ1n) is 15.9. The molecule has 5 aliphatic rings. The summed E-state index contributed by atoms with van der Waals surface area (Å²) in [6, 6.07) is 0. The molecule has 0 radical (unpaired) electrons. The third-order valence-electron chi connectivity index (χ3n) is 8.27. The molecule has 5 atom stereocenters. The maximum Gasteiger partial charge on any atom is 0.152 e. The zero-order valence-electron chi connectivity index (χ0n) is 25.6. The lowest BCUT2D eigenvalue weighted by molar-refractivity contribution is 0.0285. The molecule has 4 aliphatic heterocycles. The topological polar surface area (TPSA) is 60.4 Å². The van der Waals surface area contributed by atoms with E-state index in [9.17, 15) is 12.6 Å². The number of hydrogen-bond donors (Lipinski definition) is 0. The highest BCUT2D eigenvalue weighted by atomic mass is 32.2. The molecule has 0 aromatic heterocycles. The van der Waals surface area contributed by atoms with Crippen LogP contribution in [-0.2, 0) is 25.4 Å². The number of thioether (sulfide) groups is 1. The molecule has 1 saturated carbocycles. The van der Waals surface area contributed by atoms with Gasteiger partial charge in [0.15, 0.2) is 9.84 Å². The molecule has 228 valence electrons. The lowest BCUT2D eigenvalue weighted by Gasteiger charge is -2.17. The van der Waals surface area contributed by atoms with Gasteiger partial charge < -0.3 is 4.74 Å². The first-order valence-corrected chi connectivity index (χ1v) is 20.1. The molecule has 0 amide bonds. The monoisotopic (exact) mass is 594 g/mol. The fourth-order valence-corrected chi connectivity index (χ4v) is 9.20. The molecule has 4 saturated heterocycles. The van der Waals surface area contributed by atoms with Crippen molar-refractivity contribution in [3.05, 3.63) is 0 Å². The van der Waals surface area contributed by atoms with Crippen molar-refractivity contribution in [3.63, 3.8) is 0 Å². The van der Waals surface area contributed by atoms with E-state index in [2.05, 4.69) is 39.5 Å². The minimum atomic E-state index is -2.66. The van der Waals surface area contributed by atoms with Crippen LogP contribution in [0.3, 0.4) is 0 Å². The summed E-state index contributed by atoms with van der Waals surface area (Å²) in [5.41, 5.74) is 0. The van der Waals surface area contributed by atoms with Crippen molar-refractivity contribution >= 4 is 32.4 Å². The van der Waals surface area contributed by atoms with Crippen LogP contribution in [0.25, 0.3) is 0 Å². The zero-order valence-corrected chi connectivity index (χ0v) is 28.0.